The number of methoxy groups -OCH3 is 1. The molecular formula is C28H43N3O3. The summed E-state index contributed by atoms with van der Waals surface area (Å²) in [4.78, 5) is 25.4. The maximum absolute atomic E-state index is 13.5. The van der Waals surface area contributed by atoms with Crippen LogP contribution in [-0.4, -0.2) is 42.2 Å². The van der Waals surface area contributed by atoms with E-state index in [1.54, 1.807) is 24.1 Å². The van der Waals surface area contributed by atoms with Crippen LogP contribution in [0.25, 0.3) is 0 Å². The number of carbonyl (C=O) groups is 2. The van der Waals surface area contributed by atoms with Crippen molar-refractivity contribution in [1.82, 2.24) is 15.1 Å². The minimum absolute atomic E-state index is 0.117. The summed E-state index contributed by atoms with van der Waals surface area (Å²) in [5.74, 6) is 4.13. The van der Waals surface area contributed by atoms with Gasteiger partial charge in [-0.05, 0) is 98.2 Å². The van der Waals surface area contributed by atoms with Crippen molar-refractivity contribution in [3.63, 3.8) is 0 Å². The van der Waals surface area contributed by atoms with E-state index >= 15 is 0 Å². The average Bonchev–Trinajstić information content (AvgIpc) is 3.43. The Hall–Kier alpha value is -1.69. The number of amides is 1. The van der Waals surface area contributed by atoms with Gasteiger partial charge in [0.25, 0.3) is 5.91 Å². The number of hydrogen-bond acceptors (Lipinski definition) is 4. The first-order chi connectivity index (χ1) is 16.3. The number of fused-ring (bicyclic) bond motifs is 5. The van der Waals surface area contributed by atoms with Gasteiger partial charge in [-0.3, -0.25) is 14.3 Å². The molecule has 4 saturated carbocycles. The largest absolute Gasteiger partial charge is 0.384 e. The van der Waals surface area contributed by atoms with Crippen LogP contribution in [0.15, 0.2) is 12.4 Å². The van der Waals surface area contributed by atoms with Crippen LogP contribution in [0.2, 0.25) is 0 Å². The van der Waals surface area contributed by atoms with Gasteiger partial charge in [-0.2, -0.15) is 5.10 Å². The smallest absolute Gasteiger partial charge is 0.254 e. The van der Waals surface area contributed by atoms with Gasteiger partial charge in [0.1, 0.15) is 0 Å². The van der Waals surface area contributed by atoms with Crippen molar-refractivity contribution < 1.29 is 14.3 Å². The molecule has 188 valence electrons. The van der Waals surface area contributed by atoms with Crippen molar-refractivity contribution in [3.8, 4) is 0 Å². The van der Waals surface area contributed by atoms with E-state index < -0.39 is 0 Å². The maximum atomic E-state index is 13.5. The summed E-state index contributed by atoms with van der Waals surface area (Å²) < 4.78 is 7.16. The summed E-state index contributed by atoms with van der Waals surface area (Å²) in [6, 6.07) is 0. The number of Topliss-reactive ketones (excluding diaryl/α,β-unsaturated/α-hetero) is 1. The molecule has 0 radical (unpaired) electrons. The lowest BCUT2D eigenvalue weighted by Crippen LogP contribution is -2.54. The molecule has 7 unspecified atom stereocenters. The monoisotopic (exact) mass is 469 g/mol. The molecular weight excluding hydrogens is 426 g/mol. The fourth-order valence-corrected chi connectivity index (χ4v) is 9.24. The van der Waals surface area contributed by atoms with Gasteiger partial charge in [0.2, 0.25) is 0 Å². The fraction of sp³-hybridized carbons (Fsp3) is 0.821. The highest BCUT2D eigenvalue weighted by Crippen LogP contribution is 2.67. The molecule has 1 N–H and O–H groups in total. The molecule has 4 aliphatic rings. The van der Waals surface area contributed by atoms with Gasteiger partial charge in [0.05, 0.1) is 18.3 Å². The number of nitrogens with one attached hydrogen (secondary N) is 1. The highest BCUT2D eigenvalue weighted by Gasteiger charge is 2.61. The third-order valence-electron chi connectivity index (χ3n) is 11.0. The lowest BCUT2D eigenvalue weighted by molar-refractivity contribution is -0.138. The molecule has 0 aromatic carbocycles. The fourth-order valence-electron chi connectivity index (χ4n) is 9.24. The van der Waals surface area contributed by atoms with E-state index in [1.165, 1.54) is 51.4 Å². The first-order valence-corrected chi connectivity index (χ1v) is 13.6. The quantitative estimate of drug-likeness (QED) is 0.653. The molecule has 1 heterocycles. The molecule has 1 amide bonds. The van der Waals surface area contributed by atoms with Crippen LogP contribution in [0.1, 0.15) is 82.0 Å². The molecule has 0 spiro atoms. The second kappa shape index (κ2) is 9.07. The van der Waals surface area contributed by atoms with Crippen LogP contribution >= 0.6 is 0 Å². The van der Waals surface area contributed by atoms with Crippen LogP contribution in [-0.2, 0) is 16.1 Å². The number of carbonyl (C=O) groups excluding carboxylic acids is 2. The van der Waals surface area contributed by atoms with Gasteiger partial charge in [0.15, 0.2) is 5.78 Å². The Bertz CT molecular complexity index is 928. The maximum Gasteiger partial charge on any atom is 0.254 e. The summed E-state index contributed by atoms with van der Waals surface area (Å²) in [7, 11) is 3.46. The zero-order chi connectivity index (χ0) is 24.1. The zero-order valence-corrected chi connectivity index (χ0v) is 21.5. The Morgan fingerprint density at radius 2 is 1.85 bits per heavy atom. The van der Waals surface area contributed by atoms with Gasteiger partial charge in [-0.25, -0.2) is 0 Å². The molecule has 4 fully saturated rings. The third kappa shape index (κ3) is 3.84. The lowest BCUT2D eigenvalue weighted by atomic mass is 9.44. The molecule has 1 aromatic heterocycles. The van der Waals surface area contributed by atoms with E-state index in [0.29, 0.717) is 22.7 Å². The van der Waals surface area contributed by atoms with E-state index in [2.05, 4.69) is 24.3 Å². The Balaban J connectivity index is 1.28. The van der Waals surface area contributed by atoms with Crippen LogP contribution in [0, 0.1) is 46.3 Å². The SMILES string of the molecule is CNC(=O)c1cnn(CC(=O)[C@H]2CCC3C4CCC5CC(COC)CCC5(C)C4CCC32C)c1. The van der Waals surface area contributed by atoms with E-state index in [4.69, 9.17) is 4.74 Å². The minimum Gasteiger partial charge on any atom is -0.384 e. The third-order valence-corrected chi connectivity index (χ3v) is 11.0. The van der Waals surface area contributed by atoms with E-state index in [0.717, 1.165) is 36.7 Å². The Morgan fingerprint density at radius 1 is 1.09 bits per heavy atom. The molecule has 0 saturated heterocycles. The molecule has 0 aliphatic heterocycles. The van der Waals surface area contributed by atoms with E-state index in [-0.39, 0.29) is 23.8 Å². The number of ether oxygens (including phenoxy) is 1. The Labute approximate surface area is 204 Å². The summed E-state index contributed by atoms with van der Waals surface area (Å²) in [6.45, 7) is 6.23. The van der Waals surface area contributed by atoms with Crippen LogP contribution in [0.4, 0.5) is 0 Å². The summed E-state index contributed by atoms with van der Waals surface area (Å²) in [6.07, 6.45) is 14.7. The van der Waals surface area contributed by atoms with Crippen molar-refractivity contribution >= 4 is 11.7 Å². The summed E-state index contributed by atoms with van der Waals surface area (Å²) >= 11 is 0. The topological polar surface area (TPSA) is 73.2 Å². The van der Waals surface area contributed by atoms with E-state index in [1.807, 2.05) is 7.11 Å². The molecule has 0 bridgehead atoms. The number of aromatic nitrogens is 2. The molecule has 6 heteroatoms. The summed E-state index contributed by atoms with van der Waals surface area (Å²) in [5.41, 5.74) is 1.10. The highest BCUT2D eigenvalue weighted by molar-refractivity contribution is 5.93. The first kappa shape index (κ1) is 24.0. The summed E-state index contributed by atoms with van der Waals surface area (Å²) in [5, 5.41) is 6.91. The standard InChI is InChI=1S/C28H43N3O3/c1-27-11-9-18(17-34-4)13-20(27)5-6-21-22-7-8-24(28(22,2)12-10-23(21)27)25(32)16-31-15-19(14-30-31)26(33)29-3/h14-15,18,20-24H,5-13,16-17H2,1-4H3,(H,29,33)/t18?,20?,21?,22?,23?,24-,27?,28?/m1/s1. The molecule has 8 atom stereocenters. The van der Waals surface area contributed by atoms with Gasteiger partial charge >= 0.3 is 0 Å². The first-order valence-electron chi connectivity index (χ1n) is 13.6. The molecule has 1 aromatic rings. The van der Waals surface area contributed by atoms with Gasteiger partial charge in [-0.15, -0.1) is 0 Å². The zero-order valence-electron chi connectivity index (χ0n) is 21.5. The number of hydrogen-bond donors (Lipinski definition) is 1. The van der Waals surface area contributed by atoms with Crippen molar-refractivity contribution in [2.45, 2.75) is 78.2 Å². The lowest BCUT2D eigenvalue weighted by Gasteiger charge is -2.61. The number of nitrogens with zero attached hydrogens (tertiary/aromatic N) is 2. The van der Waals surface area contributed by atoms with Crippen LogP contribution in [0.5, 0.6) is 0 Å². The Kier molecular flexibility index (Phi) is 6.41. The van der Waals surface area contributed by atoms with Crippen molar-refractivity contribution in [3.05, 3.63) is 18.0 Å². The van der Waals surface area contributed by atoms with Gasteiger partial charge < -0.3 is 10.1 Å². The van der Waals surface area contributed by atoms with Crippen LogP contribution in [0.3, 0.4) is 0 Å². The predicted molar refractivity (Wildman–Crippen MR) is 131 cm³/mol. The number of rotatable bonds is 6. The van der Waals surface area contributed by atoms with Crippen molar-refractivity contribution in [2.24, 2.45) is 46.3 Å². The number of ketones is 1. The van der Waals surface area contributed by atoms with Crippen molar-refractivity contribution in [1.29, 1.82) is 0 Å². The minimum atomic E-state index is -0.162. The Morgan fingerprint density at radius 3 is 2.62 bits per heavy atom. The van der Waals surface area contributed by atoms with Gasteiger partial charge in [-0.1, -0.05) is 13.8 Å². The van der Waals surface area contributed by atoms with E-state index in [9.17, 15) is 9.59 Å². The highest BCUT2D eigenvalue weighted by atomic mass is 16.5. The normalized spacial score (nSPS) is 41.3. The molecule has 5 rings (SSSR count). The average molecular weight is 470 g/mol. The molecule has 6 nitrogen and oxygen atoms in total. The second-order valence-electron chi connectivity index (χ2n) is 12.4. The van der Waals surface area contributed by atoms with Crippen molar-refractivity contribution in [2.75, 3.05) is 20.8 Å². The molecule has 34 heavy (non-hydrogen) atoms. The molecule has 4 aliphatic carbocycles. The predicted octanol–water partition coefficient (Wildman–Crippen LogP) is 4.73. The van der Waals surface area contributed by atoms with Gasteiger partial charge in [0, 0.05) is 32.9 Å². The second-order valence-corrected chi connectivity index (χ2v) is 12.4. The van der Waals surface area contributed by atoms with Crippen LogP contribution < -0.4 is 5.32 Å².